The van der Waals surface area contributed by atoms with Gasteiger partial charge < -0.3 is 14.8 Å². The smallest absolute Gasteiger partial charge is 0.456 e. The van der Waals surface area contributed by atoms with Gasteiger partial charge in [-0.25, -0.2) is 0 Å². The van der Waals surface area contributed by atoms with E-state index in [4.69, 9.17) is 14.8 Å². The average Bonchev–Trinajstić information content (AvgIpc) is 2.54. The lowest BCUT2D eigenvalue weighted by Gasteiger charge is -2.01. The molecule has 2 unspecified atom stereocenters. The number of hydrogen-bond acceptors (Lipinski definition) is 4. The van der Waals surface area contributed by atoms with E-state index in [2.05, 4.69) is 0 Å². The Bertz CT molecular complexity index is 214. The highest BCUT2D eigenvalue weighted by Crippen LogP contribution is 2.64. The highest BCUT2D eigenvalue weighted by molar-refractivity contribution is 6.46. The van der Waals surface area contributed by atoms with Crippen LogP contribution < -0.4 is 0 Å². The molecule has 0 radical (unpaired) electrons. The summed E-state index contributed by atoms with van der Waals surface area (Å²) in [4.78, 5) is 11.3. The van der Waals surface area contributed by atoms with Crippen LogP contribution in [0.15, 0.2) is 0 Å². The van der Waals surface area contributed by atoms with Crippen molar-refractivity contribution in [3.8, 4) is 0 Å². The molecule has 0 aromatic rings. The Labute approximate surface area is 78.0 Å². The lowest BCUT2D eigenvalue weighted by atomic mass is 9.78. The molecule has 1 saturated carbocycles. The van der Waals surface area contributed by atoms with Crippen molar-refractivity contribution in [3.63, 3.8) is 0 Å². The summed E-state index contributed by atoms with van der Waals surface area (Å²) >= 11 is 0. The van der Waals surface area contributed by atoms with Gasteiger partial charge in [0.2, 0.25) is 0 Å². The first kappa shape index (κ1) is 10.5. The molecule has 13 heavy (non-hydrogen) atoms. The van der Waals surface area contributed by atoms with E-state index < -0.39 is 7.12 Å². The molecule has 0 aliphatic heterocycles. The van der Waals surface area contributed by atoms with Crippen LogP contribution >= 0.6 is 0 Å². The van der Waals surface area contributed by atoms with Crippen LogP contribution in [0.5, 0.6) is 0 Å². The molecule has 0 saturated heterocycles. The zero-order chi connectivity index (χ0) is 10.2. The Hall–Kier alpha value is -0.545. The zero-order valence-corrected chi connectivity index (χ0v) is 8.15. The van der Waals surface area contributed by atoms with Gasteiger partial charge in [0.25, 0.3) is 0 Å². The van der Waals surface area contributed by atoms with Crippen LogP contribution in [0.25, 0.3) is 0 Å². The summed E-state index contributed by atoms with van der Waals surface area (Å²) in [7, 11) is -1.43. The van der Waals surface area contributed by atoms with Gasteiger partial charge in [-0.05, 0) is 12.3 Å². The minimum absolute atomic E-state index is 0.328. The summed E-state index contributed by atoms with van der Waals surface area (Å²) in [6, 6.07) is 0. The fraction of sp³-hybridized carbons (Fsp3) is 0.875. The molecular formula is C8H15BO4. The highest BCUT2D eigenvalue weighted by Gasteiger charge is 2.67. The Kier molecular flexibility index (Phi) is 2.68. The van der Waals surface area contributed by atoms with Crippen molar-refractivity contribution in [3.05, 3.63) is 0 Å². The van der Waals surface area contributed by atoms with Gasteiger partial charge in [-0.1, -0.05) is 13.8 Å². The predicted octanol–water partition coefficient (Wildman–Crippen LogP) is 0.0485. The predicted molar refractivity (Wildman–Crippen MR) is 47.8 cm³/mol. The first-order valence-corrected chi connectivity index (χ1v) is 4.45. The number of esters is 1. The Balaban J connectivity index is 2.59. The van der Waals surface area contributed by atoms with Crippen molar-refractivity contribution in [2.24, 2.45) is 11.3 Å². The second kappa shape index (κ2) is 3.31. The molecule has 0 heterocycles. The van der Waals surface area contributed by atoms with Crippen molar-refractivity contribution in [1.82, 2.24) is 0 Å². The normalized spacial score (nSPS) is 29.6. The molecule has 4 nitrogen and oxygen atoms in total. The second-order valence-electron chi connectivity index (χ2n) is 3.99. The fourth-order valence-corrected chi connectivity index (χ4v) is 1.92. The second-order valence-corrected chi connectivity index (χ2v) is 3.99. The maximum absolute atomic E-state index is 11.3. The SMILES string of the molecule is CCOC(=O)C1C(B(O)O)C1(C)C. The fourth-order valence-electron chi connectivity index (χ4n) is 1.92. The quantitative estimate of drug-likeness (QED) is 0.482. The van der Waals surface area contributed by atoms with Gasteiger partial charge in [-0.3, -0.25) is 4.79 Å². The van der Waals surface area contributed by atoms with E-state index in [1.54, 1.807) is 6.92 Å². The molecule has 2 atom stereocenters. The molecule has 5 heteroatoms. The van der Waals surface area contributed by atoms with Crippen molar-refractivity contribution in [2.45, 2.75) is 26.6 Å². The number of rotatable bonds is 3. The summed E-state index contributed by atoms with van der Waals surface area (Å²) in [5, 5.41) is 17.9. The summed E-state index contributed by atoms with van der Waals surface area (Å²) in [6.07, 6.45) is 0. The van der Waals surface area contributed by atoms with E-state index in [1.165, 1.54) is 0 Å². The summed E-state index contributed by atoms with van der Waals surface area (Å²) < 4.78 is 4.82. The van der Waals surface area contributed by atoms with Crippen LogP contribution in [-0.4, -0.2) is 29.7 Å². The monoisotopic (exact) mass is 186 g/mol. The van der Waals surface area contributed by atoms with Crippen LogP contribution in [-0.2, 0) is 9.53 Å². The molecule has 0 aromatic carbocycles. The van der Waals surface area contributed by atoms with Gasteiger partial charge in [0, 0.05) is 5.82 Å². The Morgan fingerprint density at radius 3 is 2.38 bits per heavy atom. The molecule has 74 valence electrons. The van der Waals surface area contributed by atoms with E-state index in [9.17, 15) is 4.79 Å². The molecule has 2 N–H and O–H groups in total. The standard InChI is InChI=1S/C8H15BO4/c1-4-13-7(10)5-6(9(11)12)8(5,2)3/h5-6,11-12H,4H2,1-3H3. The van der Waals surface area contributed by atoms with Gasteiger partial charge in [-0.2, -0.15) is 0 Å². The summed E-state index contributed by atoms with van der Waals surface area (Å²) in [5.41, 5.74) is -0.347. The van der Waals surface area contributed by atoms with Gasteiger partial charge in [-0.15, -0.1) is 0 Å². The van der Waals surface area contributed by atoms with Crippen molar-refractivity contribution in [2.75, 3.05) is 6.61 Å². The van der Waals surface area contributed by atoms with Gasteiger partial charge in [0.05, 0.1) is 12.5 Å². The van der Waals surface area contributed by atoms with Crippen molar-refractivity contribution in [1.29, 1.82) is 0 Å². The number of hydrogen-bond donors (Lipinski definition) is 2. The Morgan fingerprint density at radius 2 is 2.08 bits per heavy atom. The molecule has 1 fully saturated rings. The Morgan fingerprint density at radius 1 is 1.54 bits per heavy atom. The third-order valence-electron chi connectivity index (χ3n) is 2.77. The highest BCUT2D eigenvalue weighted by atomic mass is 16.5. The first-order valence-electron chi connectivity index (χ1n) is 4.45. The van der Waals surface area contributed by atoms with E-state index >= 15 is 0 Å². The zero-order valence-electron chi connectivity index (χ0n) is 8.15. The van der Waals surface area contributed by atoms with Gasteiger partial charge in [0.1, 0.15) is 0 Å². The molecule has 1 rings (SSSR count). The lowest BCUT2D eigenvalue weighted by Crippen LogP contribution is -2.15. The van der Waals surface area contributed by atoms with E-state index in [0.717, 1.165) is 0 Å². The summed E-state index contributed by atoms with van der Waals surface area (Å²) in [6.45, 7) is 5.73. The maximum atomic E-state index is 11.3. The van der Waals surface area contributed by atoms with E-state index in [-0.39, 0.29) is 23.1 Å². The molecular weight excluding hydrogens is 171 g/mol. The van der Waals surface area contributed by atoms with Crippen molar-refractivity contribution < 1.29 is 19.6 Å². The minimum atomic E-state index is -1.43. The van der Waals surface area contributed by atoms with Crippen LogP contribution in [0.2, 0.25) is 5.82 Å². The van der Waals surface area contributed by atoms with Gasteiger partial charge >= 0.3 is 13.1 Å². The number of ether oxygens (including phenoxy) is 1. The lowest BCUT2D eigenvalue weighted by molar-refractivity contribution is -0.145. The topological polar surface area (TPSA) is 66.8 Å². The number of carbonyl (C=O) groups excluding carboxylic acids is 1. The largest absolute Gasteiger partial charge is 0.466 e. The molecule has 0 amide bonds. The van der Waals surface area contributed by atoms with E-state index in [0.29, 0.717) is 6.61 Å². The average molecular weight is 186 g/mol. The van der Waals surface area contributed by atoms with E-state index in [1.807, 2.05) is 13.8 Å². The molecule has 0 spiro atoms. The van der Waals surface area contributed by atoms with Crippen LogP contribution in [0.3, 0.4) is 0 Å². The summed E-state index contributed by atoms with van der Waals surface area (Å²) in [5.74, 6) is -1.08. The first-order chi connectivity index (χ1) is 5.92. The third-order valence-corrected chi connectivity index (χ3v) is 2.77. The molecule has 0 bridgehead atoms. The molecule has 1 aliphatic carbocycles. The maximum Gasteiger partial charge on any atom is 0.456 e. The minimum Gasteiger partial charge on any atom is -0.466 e. The molecule has 1 aliphatic rings. The van der Waals surface area contributed by atoms with Crippen LogP contribution in [0.1, 0.15) is 20.8 Å². The number of carbonyl (C=O) groups is 1. The molecule has 0 aromatic heterocycles. The van der Waals surface area contributed by atoms with Gasteiger partial charge in [0.15, 0.2) is 0 Å². The van der Waals surface area contributed by atoms with Crippen LogP contribution in [0, 0.1) is 11.3 Å². The third kappa shape index (κ3) is 1.71. The van der Waals surface area contributed by atoms with Crippen molar-refractivity contribution >= 4 is 13.1 Å². The van der Waals surface area contributed by atoms with Crippen LogP contribution in [0.4, 0.5) is 0 Å².